The van der Waals surface area contributed by atoms with Crippen LogP contribution >= 0.6 is 11.3 Å². The molecule has 1 amide bonds. The van der Waals surface area contributed by atoms with E-state index in [0.29, 0.717) is 22.7 Å². The average molecular weight is 346 g/mol. The highest BCUT2D eigenvalue weighted by Crippen LogP contribution is 2.32. The molecule has 0 aliphatic carbocycles. The van der Waals surface area contributed by atoms with Crippen molar-refractivity contribution < 1.29 is 9.18 Å². The molecule has 5 heterocycles. The van der Waals surface area contributed by atoms with Gasteiger partial charge in [0.25, 0.3) is 5.91 Å². The molecule has 3 saturated heterocycles. The van der Waals surface area contributed by atoms with Crippen LogP contribution in [0.3, 0.4) is 0 Å². The molecule has 5 rings (SSSR count). The molecule has 0 radical (unpaired) electrons. The normalized spacial score (nSPS) is 28.8. The SMILES string of the molecule is C[C@H]1[C@H](NC(=O)c2ncc(-c3ccc(F)cn3)s2)C2CCN1CC2. The fourth-order valence-corrected chi connectivity index (χ4v) is 4.57. The molecule has 0 unspecified atom stereocenters. The van der Waals surface area contributed by atoms with E-state index in [2.05, 4.69) is 27.1 Å². The van der Waals surface area contributed by atoms with Gasteiger partial charge in [-0.2, -0.15) is 0 Å². The monoisotopic (exact) mass is 346 g/mol. The number of rotatable bonds is 3. The van der Waals surface area contributed by atoms with Gasteiger partial charge in [-0.05, 0) is 50.9 Å². The van der Waals surface area contributed by atoms with Crippen LogP contribution in [0, 0.1) is 11.7 Å². The summed E-state index contributed by atoms with van der Waals surface area (Å²) in [4.78, 5) is 24.0. The number of nitrogens with one attached hydrogen (secondary N) is 1. The second kappa shape index (κ2) is 6.22. The predicted molar refractivity (Wildman–Crippen MR) is 90.3 cm³/mol. The lowest BCUT2D eigenvalue weighted by atomic mass is 9.79. The largest absolute Gasteiger partial charge is 0.345 e. The van der Waals surface area contributed by atoms with Crippen LogP contribution in [0.5, 0.6) is 0 Å². The number of aromatic nitrogens is 2. The average Bonchev–Trinajstić information content (AvgIpc) is 3.09. The molecule has 3 aliphatic heterocycles. The number of fused-ring (bicyclic) bond motifs is 3. The number of piperidine rings is 3. The summed E-state index contributed by atoms with van der Waals surface area (Å²) in [6.07, 6.45) is 5.10. The van der Waals surface area contributed by atoms with Gasteiger partial charge in [-0.25, -0.2) is 9.37 Å². The number of carbonyl (C=O) groups excluding carboxylic acids is 1. The van der Waals surface area contributed by atoms with E-state index in [0.717, 1.165) is 30.8 Å². The highest BCUT2D eigenvalue weighted by molar-refractivity contribution is 7.16. The van der Waals surface area contributed by atoms with Gasteiger partial charge in [0, 0.05) is 18.3 Å². The molecule has 2 aromatic heterocycles. The van der Waals surface area contributed by atoms with Crippen molar-refractivity contribution in [2.45, 2.75) is 31.8 Å². The first-order chi connectivity index (χ1) is 11.6. The highest BCUT2D eigenvalue weighted by atomic mass is 32.1. The van der Waals surface area contributed by atoms with Crippen molar-refractivity contribution in [3.05, 3.63) is 35.4 Å². The van der Waals surface area contributed by atoms with E-state index in [1.165, 1.54) is 23.6 Å². The van der Waals surface area contributed by atoms with E-state index >= 15 is 0 Å². The Labute approximate surface area is 143 Å². The van der Waals surface area contributed by atoms with Crippen molar-refractivity contribution in [2.75, 3.05) is 13.1 Å². The minimum atomic E-state index is -0.377. The predicted octanol–water partition coefficient (Wildman–Crippen LogP) is 2.56. The van der Waals surface area contributed by atoms with Crippen LogP contribution in [-0.2, 0) is 0 Å². The van der Waals surface area contributed by atoms with Crippen LogP contribution in [0.25, 0.3) is 10.6 Å². The molecule has 3 fully saturated rings. The molecule has 0 aromatic carbocycles. The summed E-state index contributed by atoms with van der Waals surface area (Å²) in [5, 5.41) is 3.61. The first kappa shape index (κ1) is 15.7. The fraction of sp³-hybridized carbons (Fsp3) is 0.471. The van der Waals surface area contributed by atoms with Gasteiger partial charge in [0.05, 0.1) is 16.8 Å². The van der Waals surface area contributed by atoms with Crippen molar-refractivity contribution >= 4 is 17.2 Å². The summed E-state index contributed by atoms with van der Waals surface area (Å²) in [6.45, 7) is 4.46. The number of hydrogen-bond donors (Lipinski definition) is 1. The molecule has 24 heavy (non-hydrogen) atoms. The zero-order valence-electron chi connectivity index (χ0n) is 13.4. The summed E-state index contributed by atoms with van der Waals surface area (Å²) in [5.74, 6) is 0.0590. The summed E-state index contributed by atoms with van der Waals surface area (Å²) in [5.41, 5.74) is 0.629. The van der Waals surface area contributed by atoms with E-state index in [1.807, 2.05) is 0 Å². The molecule has 0 spiro atoms. The number of carbonyl (C=O) groups is 1. The fourth-order valence-electron chi connectivity index (χ4n) is 3.78. The smallest absolute Gasteiger partial charge is 0.280 e. The first-order valence-electron chi connectivity index (χ1n) is 8.24. The topological polar surface area (TPSA) is 58.1 Å². The van der Waals surface area contributed by atoms with E-state index in [9.17, 15) is 9.18 Å². The Bertz CT molecular complexity index is 737. The van der Waals surface area contributed by atoms with Crippen molar-refractivity contribution in [3.63, 3.8) is 0 Å². The molecule has 5 nitrogen and oxygen atoms in total. The maximum absolute atomic E-state index is 13.0. The van der Waals surface area contributed by atoms with Crippen LogP contribution < -0.4 is 5.32 Å². The lowest BCUT2D eigenvalue weighted by Crippen LogP contribution is -2.62. The lowest BCUT2D eigenvalue weighted by molar-refractivity contribution is 0.0217. The maximum atomic E-state index is 13.0. The van der Waals surface area contributed by atoms with Crippen LogP contribution in [0.2, 0.25) is 0 Å². The first-order valence-corrected chi connectivity index (χ1v) is 9.06. The third-order valence-corrected chi connectivity index (χ3v) is 6.17. The molecule has 0 saturated carbocycles. The Morgan fingerprint density at radius 2 is 2.08 bits per heavy atom. The van der Waals surface area contributed by atoms with E-state index < -0.39 is 0 Å². The van der Waals surface area contributed by atoms with Crippen LogP contribution in [-0.4, -0.2) is 45.9 Å². The van der Waals surface area contributed by atoms with Crippen LogP contribution in [0.4, 0.5) is 4.39 Å². The van der Waals surface area contributed by atoms with Gasteiger partial charge in [0.2, 0.25) is 0 Å². The van der Waals surface area contributed by atoms with Gasteiger partial charge in [-0.15, -0.1) is 11.3 Å². The quantitative estimate of drug-likeness (QED) is 0.928. The van der Waals surface area contributed by atoms with Crippen LogP contribution in [0.1, 0.15) is 29.6 Å². The Morgan fingerprint density at radius 1 is 1.29 bits per heavy atom. The number of amides is 1. The second-order valence-electron chi connectivity index (χ2n) is 6.50. The van der Waals surface area contributed by atoms with Crippen LogP contribution in [0.15, 0.2) is 24.5 Å². The van der Waals surface area contributed by atoms with E-state index in [1.54, 1.807) is 12.3 Å². The molecule has 2 atom stereocenters. The van der Waals surface area contributed by atoms with Gasteiger partial charge in [0.1, 0.15) is 5.82 Å². The van der Waals surface area contributed by atoms with Gasteiger partial charge in [-0.1, -0.05) is 0 Å². The Morgan fingerprint density at radius 3 is 2.75 bits per heavy atom. The van der Waals surface area contributed by atoms with Crippen molar-refractivity contribution in [3.8, 4) is 10.6 Å². The maximum Gasteiger partial charge on any atom is 0.280 e. The molecule has 126 valence electrons. The highest BCUT2D eigenvalue weighted by Gasteiger charge is 2.40. The number of nitrogens with zero attached hydrogens (tertiary/aromatic N) is 3. The second-order valence-corrected chi connectivity index (χ2v) is 7.54. The Balaban J connectivity index is 1.48. The number of hydrogen-bond acceptors (Lipinski definition) is 5. The number of pyridine rings is 1. The van der Waals surface area contributed by atoms with Gasteiger partial charge in [0.15, 0.2) is 5.01 Å². The zero-order chi connectivity index (χ0) is 16.7. The van der Waals surface area contributed by atoms with E-state index in [-0.39, 0.29) is 17.8 Å². The zero-order valence-corrected chi connectivity index (χ0v) is 14.2. The third kappa shape index (κ3) is 2.82. The Hall–Kier alpha value is -1.86. The molecule has 2 bridgehead atoms. The van der Waals surface area contributed by atoms with Crippen molar-refractivity contribution in [2.24, 2.45) is 5.92 Å². The summed E-state index contributed by atoms with van der Waals surface area (Å²) in [7, 11) is 0. The van der Waals surface area contributed by atoms with Crippen molar-refractivity contribution in [1.29, 1.82) is 0 Å². The minimum Gasteiger partial charge on any atom is -0.345 e. The van der Waals surface area contributed by atoms with Gasteiger partial charge >= 0.3 is 0 Å². The number of halogens is 1. The molecular weight excluding hydrogens is 327 g/mol. The lowest BCUT2D eigenvalue weighted by Gasteiger charge is -2.49. The summed E-state index contributed by atoms with van der Waals surface area (Å²) >= 11 is 1.29. The Kier molecular flexibility index (Phi) is 4.05. The molecule has 2 aromatic rings. The molecule has 7 heteroatoms. The van der Waals surface area contributed by atoms with E-state index in [4.69, 9.17) is 0 Å². The summed E-state index contributed by atoms with van der Waals surface area (Å²) in [6, 6.07) is 3.52. The molecular formula is C17H19FN4OS. The molecule has 3 aliphatic rings. The minimum absolute atomic E-state index is 0.126. The third-order valence-electron chi connectivity index (χ3n) is 5.16. The van der Waals surface area contributed by atoms with Gasteiger partial charge < -0.3 is 5.32 Å². The summed E-state index contributed by atoms with van der Waals surface area (Å²) < 4.78 is 13.0. The standard InChI is InChI=1S/C17H19FN4OS/c1-10-15(11-4-6-22(10)7-5-11)21-16(23)17-20-9-14(24-17)13-3-2-12(18)8-19-13/h2-3,8-11,15H,4-7H2,1H3,(H,21,23)/t10-,15-/m0/s1. The van der Waals surface area contributed by atoms with Gasteiger partial charge in [-0.3, -0.25) is 14.7 Å². The molecule has 1 N–H and O–H groups in total. The number of thiazole rings is 1. The van der Waals surface area contributed by atoms with Crippen molar-refractivity contribution in [1.82, 2.24) is 20.2 Å².